The van der Waals surface area contributed by atoms with Gasteiger partial charge >= 0.3 is 0 Å². The first kappa shape index (κ1) is 16.6. The summed E-state index contributed by atoms with van der Waals surface area (Å²) in [7, 11) is -3.47. The molecule has 1 aromatic heterocycles. The average molecular weight is 351 g/mol. The maximum Gasteiger partial charge on any atom is 0.252 e. The first-order valence-corrected chi connectivity index (χ1v) is 9.90. The van der Waals surface area contributed by atoms with Crippen molar-refractivity contribution < 1.29 is 13.2 Å². The van der Waals surface area contributed by atoms with Crippen molar-refractivity contribution in [2.75, 3.05) is 13.2 Å². The highest BCUT2D eigenvalue weighted by molar-refractivity contribution is 7.91. The van der Waals surface area contributed by atoms with Gasteiger partial charge in [-0.25, -0.2) is 8.42 Å². The maximum atomic E-state index is 12.9. The van der Waals surface area contributed by atoms with Crippen molar-refractivity contribution in [1.82, 2.24) is 4.31 Å². The molecule has 124 valence electrons. The molecule has 0 saturated carbocycles. The second-order valence-corrected chi connectivity index (χ2v) is 9.43. The molecule has 0 aliphatic carbocycles. The molecule has 0 bridgehead atoms. The molecule has 0 spiro atoms. The Labute approximate surface area is 141 Å². The molecule has 0 N–H and O–H groups in total. The van der Waals surface area contributed by atoms with Crippen molar-refractivity contribution in [3.05, 3.63) is 52.4 Å². The first-order chi connectivity index (χ1) is 10.9. The minimum absolute atomic E-state index is 0.163. The summed E-state index contributed by atoms with van der Waals surface area (Å²) in [5.41, 5.74) is 2.20. The fourth-order valence-corrected chi connectivity index (χ4v) is 5.75. The lowest BCUT2D eigenvalue weighted by Crippen LogP contribution is -2.47. The molecule has 1 aliphatic rings. The SMILES string of the molecule is Cc1ccc(C2CN(S(=O)(=O)c3ccc(C)s3)C(C)CO2)cc1. The number of thiophene rings is 1. The Hall–Kier alpha value is -1.21. The van der Waals surface area contributed by atoms with Gasteiger partial charge in [0.2, 0.25) is 0 Å². The number of ether oxygens (including phenoxy) is 1. The van der Waals surface area contributed by atoms with Gasteiger partial charge in [0.05, 0.1) is 12.7 Å². The molecule has 4 nitrogen and oxygen atoms in total. The smallest absolute Gasteiger partial charge is 0.252 e. The van der Waals surface area contributed by atoms with Crippen molar-refractivity contribution >= 4 is 21.4 Å². The summed E-state index contributed by atoms with van der Waals surface area (Å²) >= 11 is 1.32. The van der Waals surface area contributed by atoms with Gasteiger partial charge in [-0.05, 0) is 38.5 Å². The number of morpholine rings is 1. The molecule has 3 rings (SSSR count). The van der Waals surface area contributed by atoms with E-state index in [9.17, 15) is 8.42 Å². The van der Waals surface area contributed by atoms with Crippen molar-refractivity contribution in [1.29, 1.82) is 0 Å². The Balaban J connectivity index is 1.87. The van der Waals surface area contributed by atoms with Gasteiger partial charge in [-0.2, -0.15) is 4.31 Å². The molecule has 0 radical (unpaired) electrons. The Kier molecular flexibility index (Phi) is 4.60. The predicted octanol–water partition coefficient (Wildman–Crippen LogP) is 3.52. The molecular formula is C17H21NO3S2. The van der Waals surface area contributed by atoms with Crippen LogP contribution in [0.1, 0.15) is 29.0 Å². The lowest BCUT2D eigenvalue weighted by atomic mass is 10.1. The predicted molar refractivity (Wildman–Crippen MR) is 92.3 cm³/mol. The number of sulfonamides is 1. The Morgan fingerprint density at radius 1 is 1.13 bits per heavy atom. The van der Waals surface area contributed by atoms with Gasteiger partial charge in [0, 0.05) is 17.5 Å². The van der Waals surface area contributed by atoms with Crippen LogP contribution in [0.5, 0.6) is 0 Å². The Bertz CT molecular complexity index is 780. The summed E-state index contributed by atoms with van der Waals surface area (Å²) < 4.78 is 33.7. The van der Waals surface area contributed by atoms with E-state index in [2.05, 4.69) is 0 Å². The quantitative estimate of drug-likeness (QED) is 0.850. The molecule has 0 amide bonds. The zero-order chi connectivity index (χ0) is 16.6. The Morgan fingerprint density at radius 2 is 1.83 bits per heavy atom. The molecule has 23 heavy (non-hydrogen) atoms. The van der Waals surface area contributed by atoms with Crippen LogP contribution in [0.25, 0.3) is 0 Å². The molecule has 6 heteroatoms. The van der Waals surface area contributed by atoms with Gasteiger partial charge in [0.25, 0.3) is 10.0 Å². The summed E-state index contributed by atoms with van der Waals surface area (Å²) in [6, 6.07) is 11.4. The van der Waals surface area contributed by atoms with E-state index in [0.29, 0.717) is 17.4 Å². The van der Waals surface area contributed by atoms with E-state index in [-0.39, 0.29) is 12.1 Å². The van der Waals surface area contributed by atoms with Crippen molar-refractivity contribution in [2.45, 2.75) is 37.1 Å². The van der Waals surface area contributed by atoms with E-state index in [1.807, 2.05) is 51.1 Å². The number of hydrogen-bond acceptors (Lipinski definition) is 4. The van der Waals surface area contributed by atoms with Crippen LogP contribution in [0.4, 0.5) is 0 Å². The minimum atomic E-state index is -3.47. The van der Waals surface area contributed by atoms with Gasteiger partial charge in [-0.3, -0.25) is 0 Å². The van der Waals surface area contributed by atoms with Crippen molar-refractivity contribution in [2.24, 2.45) is 0 Å². The highest BCUT2D eigenvalue weighted by atomic mass is 32.2. The van der Waals surface area contributed by atoms with Gasteiger partial charge in [-0.1, -0.05) is 29.8 Å². The summed E-state index contributed by atoms with van der Waals surface area (Å²) in [5.74, 6) is 0. The van der Waals surface area contributed by atoms with Gasteiger partial charge in [-0.15, -0.1) is 11.3 Å². The number of nitrogens with zero attached hydrogens (tertiary/aromatic N) is 1. The molecule has 1 saturated heterocycles. The van der Waals surface area contributed by atoms with Crippen LogP contribution < -0.4 is 0 Å². The average Bonchev–Trinajstić information content (AvgIpc) is 2.96. The van der Waals surface area contributed by atoms with E-state index in [1.165, 1.54) is 16.9 Å². The molecule has 2 aromatic rings. The highest BCUT2D eigenvalue weighted by Crippen LogP contribution is 2.32. The maximum absolute atomic E-state index is 12.9. The summed E-state index contributed by atoms with van der Waals surface area (Å²) in [6.45, 7) is 6.60. The normalized spacial score (nSPS) is 23.1. The van der Waals surface area contributed by atoms with Crippen molar-refractivity contribution in [3.63, 3.8) is 0 Å². The molecule has 2 unspecified atom stereocenters. The van der Waals surface area contributed by atoms with Crippen LogP contribution in [0.3, 0.4) is 0 Å². The largest absolute Gasteiger partial charge is 0.370 e. The van der Waals surface area contributed by atoms with E-state index < -0.39 is 10.0 Å². The summed E-state index contributed by atoms with van der Waals surface area (Å²) in [6.07, 6.45) is -0.220. The third kappa shape index (κ3) is 3.35. The molecule has 2 atom stereocenters. The number of benzene rings is 1. The van der Waals surface area contributed by atoms with Gasteiger partial charge < -0.3 is 4.74 Å². The molecule has 2 heterocycles. The molecule has 1 aliphatic heterocycles. The van der Waals surface area contributed by atoms with Crippen LogP contribution in [-0.2, 0) is 14.8 Å². The molecule has 1 aromatic carbocycles. The number of hydrogen-bond donors (Lipinski definition) is 0. The van der Waals surface area contributed by atoms with Crippen LogP contribution in [0.2, 0.25) is 0 Å². The van der Waals surface area contributed by atoms with E-state index in [1.54, 1.807) is 10.4 Å². The van der Waals surface area contributed by atoms with Crippen LogP contribution in [0, 0.1) is 13.8 Å². The fourth-order valence-electron chi connectivity index (χ4n) is 2.72. The van der Waals surface area contributed by atoms with E-state index >= 15 is 0 Å². The monoisotopic (exact) mass is 351 g/mol. The zero-order valence-corrected chi connectivity index (χ0v) is 15.2. The second kappa shape index (κ2) is 6.36. The van der Waals surface area contributed by atoms with Crippen LogP contribution in [-0.4, -0.2) is 31.9 Å². The second-order valence-electron chi connectivity index (χ2n) is 6.02. The van der Waals surface area contributed by atoms with E-state index in [4.69, 9.17) is 4.74 Å². The third-order valence-corrected chi connectivity index (χ3v) is 7.55. The van der Waals surface area contributed by atoms with Crippen LogP contribution in [0.15, 0.2) is 40.6 Å². The van der Waals surface area contributed by atoms with Gasteiger partial charge in [0.15, 0.2) is 0 Å². The minimum Gasteiger partial charge on any atom is -0.370 e. The number of aryl methyl sites for hydroxylation is 2. The summed E-state index contributed by atoms with van der Waals surface area (Å²) in [4.78, 5) is 1.000. The molecule has 1 fully saturated rings. The Morgan fingerprint density at radius 3 is 2.43 bits per heavy atom. The van der Waals surface area contributed by atoms with Crippen molar-refractivity contribution in [3.8, 4) is 0 Å². The van der Waals surface area contributed by atoms with Crippen LogP contribution >= 0.6 is 11.3 Å². The fraction of sp³-hybridized carbons (Fsp3) is 0.412. The standard InChI is InChI=1S/C17H21NO3S2/c1-12-4-7-15(8-5-12)16-10-18(13(2)11-21-16)23(19,20)17-9-6-14(3)22-17/h4-9,13,16H,10-11H2,1-3H3. The first-order valence-electron chi connectivity index (χ1n) is 7.64. The highest BCUT2D eigenvalue weighted by Gasteiger charge is 2.36. The van der Waals surface area contributed by atoms with E-state index in [0.717, 1.165) is 10.4 Å². The van der Waals surface area contributed by atoms with Gasteiger partial charge in [0.1, 0.15) is 4.21 Å². The topological polar surface area (TPSA) is 46.6 Å². The lowest BCUT2D eigenvalue weighted by molar-refractivity contribution is -0.0287. The zero-order valence-electron chi connectivity index (χ0n) is 13.5. The molecular weight excluding hydrogens is 330 g/mol. The lowest BCUT2D eigenvalue weighted by Gasteiger charge is -2.36. The number of rotatable bonds is 3. The third-order valence-electron chi connectivity index (χ3n) is 4.10. The summed E-state index contributed by atoms with van der Waals surface area (Å²) in [5, 5.41) is 0.